The summed E-state index contributed by atoms with van der Waals surface area (Å²) in [7, 11) is 0. The largest absolute Gasteiger partial charge is 0.330 e. The third-order valence-electron chi connectivity index (χ3n) is 4.88. The summed E-state index contributed by atoms with van der Waals surface area (Å²) >= 11 is 0. The highest BCUT2D eigenvalue weighted by Crippen LogP contribution is 2.38. The molecule has 6 nitrogen and oxygen atoms in total. The summed E-state index contributed by atoms with van der Waals surface area (Å²) in [6.07, 6.45) is 11.6. The van der Waals surface area contributed by atoms with Crippen molar-refractivity contribution in [3.05, 3.63) is 42.4 Å². The molecular weight excluding hydrogens is 302 g/mol. The number of nitrogens with one attached hydrogen (secondary N) is 1. The Hall–Kier alpha value is -2.21. The molecule has 128 valence electrons. The number of hydrogen-bond donors (Lipinski definition) is 2. The third kappa shape index (κ3) is 4.20. The second kappa shape index (κ2) is 7.57. The molecule has 0 aromatic carbocycles. The third-order valence-corrected chi connectivity index (χ3v) is 4.88. The second-order valence-electron chi connectivity index (χ2n) is 6.74. The Bertz CT molecular complexity index is 661. The first kappa shape index (κ1) is 16.6. The standard InChI is InChI=1S/C18H25N5O/c19-14-18(7-2-1-3-8-18)12-17(24)21-16-6-11-23(22-16)13-15-4-9-20-10-5-15/h4-6,9-11H,1-3,7-8,12-14,19H2,(H,21,22,24). The molecule has 0 bridgehead atoms. The van der Waals surface area contributed by atoms with Crippen molar-refractivity contribution in [3.63, 3.8) is 0 Å². The maximum atomic E-state index is 12.4. The highest BCUT2D eigenvalue weighted by atomic mass is 16.1. The van der Waals surface area contributed by atoms with E-state index in [0.717, 1.165) is 18.4 Å². The van der Waals surface area contributed by atoms with Crippen LogP contribution in [0, 0.1) is 5.41 Å². The summed E-state index contributed by atoms with van der Waals surface area (Å²) in [6.45, 7) is 1.24. The molecule has 3 N–H and O–H groups in total. The van der Waals surface area contributed by atoms with Crippen LogP contribution >= 0.6 is 0 Å². The zero-order chi connectivity index (χ0) is 16.8. The number of carbonyl (C=O) groups is 1. The van der Waals surface area contributed by atoms with Crippen LogP contribution in [0.15, 0.2) is 36.8 Å². The topological polar surface area (TPSA) is 85.8 Å². The molecule has 6 heteroatoms. The lowest BCUT2D eigenvalue weighted by Gasteiger charge is -2.35. The SMILES string of the molecule is NCC1(CC(=O)Nc2ccn(Cc3ccncc3)n2)CCCCC1. The predicted octanol–water partition coefficient (Wildman–Crippen LogP) is 2.56. The van der Waals surface area contributed by atoms with Crippen LogP contribution in [0.1, 0.15) is 44.1 Å². The van der Waals surface area contributed by atoms with Crippen LogP contribution in [0.25, 0.3) is 0 Å². The molecule has 1 saturated carbocycles. The van der Waals surface area contributed by atoms with Gasteiger partial charge in [0.1, 0.15) is 0 Å². The smallest absolute Gasteiger partial charge is 0.226 e. The van der Waals surface area contributed by atoms with Crippen LogP contribution in [0.5, 0.6) is 0 Å². The maximum Gasteiger partial charge on any atom is 0.226 e. The second-order valence-corrected chi connectivity index (χ2v) is 6.74. The molecule has 0 saturated heterocycles. The summed E-state index contributed by atoms with van der Waals surface area (Å²) in [5, 5.41) is 7.34. The van der Waals surface area contributed by atoms with Crippen LogP contribution in [0.2, 0.25) is 0 Å². The van der Waals surface area contributed by atoms with Gasteiger partial charge in [0.15, 0.2) is 5.82 Å². The van der Waals surface area contributed by atoms with Gasteiger partial charge in [-0.2, -0.15) is 5.10 Å². The van der Waals surface area contributed by atoms with Gasteiger partial charge in [0.25, 0.3) is 0 Å². The molecule has 0 aliphatic heterocycles. The van der Waals surface area contributed by atoms with Gasteiger partial charge in [-0.3, -0.25) is 14.5 Å². The normalized spacial score (nSPS) is 16.7. The molecule has 3 rings (SSSR count). The van der Waals surface area contributed by atoms with Crippen LogP contribution < -0.4 is 11.1 Å². The van der Waals surface area contributed by atoms with Gasteiger partial charge in [-0.05, 0) is 42.5 Å². The lowest BCUT2D eigenvalue weighted by Crippen LogP contribution is -2.36. The number of nitrogens with zero attached hydrogens (tertiary/aromatic N) is 3. The monoisotopic (exact) mass is 327 g/mol. The molecule has 24 heavy (non-hydrogen) atoms. The molecule has 1 fully saturated rings. The predicted molar refractivity (Wildman–Crippen MR) is 93.4 cm³/mol. The van der Waals surface area contributed by atoms with Gasteiger partial charge < -0.3 is 11.1 Å². The van der Waals surface area contributed by atoms with Gasteiger partial charge in [0.2, 0.25) is 5.91 Å². The lowest BCUT2D eigenvalue weighted by molar-refractivity contribution is -0.118. The quantitative estimate of drug-likeness (QED) is 0.854. The Morgan fingerprint density at radius 3 is 2.67 bits per heavy atom. The summed E-state index contributed by atoms with van der Waals surface area (Å²) in [6, 6.07) is 5.73. The first-order valence-corrected chi connectivity index (χ1v) is 8.61. The summed E-state index contributed by atoms with van der Waals surface area (Å²) in [5.74, 6) is 0.605. The molecular formula is C18H25N5O. The van der Waals surface area contributed by atoms with E-state index < -0.39 is 0 Å². The van der Waals surface area contributed by atoms with Crippen molar-refractivity contribution in [2.45, 2.75) is 45.1 Å². The Balaban J connectivity index is 1.57. The number of anilines is 1. The summed E-state index contributed by atoms with van der Waals surface area (Å²) < 4.78 is 1.81. The minimum absolute atomic E-state index is 0.0107. The van der Waals surface area contributed by atoms with E-state index in [9.17, 15) is 4.79 Å². The molecule has 1 aliphatic rings. The minimum Gasteiger partial charge on any atom is -0.330 e. The van der Waals surface area contributed by atoms with Crippen LogP contribution in [0.4, 0.5) is 5.82 Å². The van der Waals surface area contributed by atoms with Gasteiger partial charge in [0.05, 0.1) is 6.54 Å². The van der Waals surface area contributed by atoms with E-state index in [4.69, 9.17) is 5.73 Å². The molecule has 0 spiro atoms. The number of hydrogen-bond acceptors (Lipinski definition) is 4. The zero-order valence-corrected chi connectivity index (χ0v) is 13.9. The Morgan fingerprint density at radius 2 is 1.96 bits per heavy atom. The molecule has 2 heterocycles. The van der Waals surface area contributed by atoms with E-state index in [-0.39, 0.29) is 11.3 Å². The number of aromatic nitrogens is 3. The van der Waals surface area contributed by atoms with Crippen molar-refractivity contribution in [1.29, 1.82) is 0 Å². The van der Waals surface area contributed by atoms with E-state index in [1.54, 1.807) is 12.4 Å². The number of pyridine rings is 1. The number of carbonyl (C=O) groups excluding carboxylic acids is 1. The average Bonchev–Trinajstić information content (AvgIpc) is 3.03. The van der Waals surface area contributed by atoms with E-state index in [0.29, 0.717) is 25.3 Å². The number of rotatable bonds is 6. The summed E-state index contributed by atoms with van der Waals surface area (Å²) in [5.41, 5.74) is 7.06. The van der Waals surface area contributed by atoms with Gasteiger partial charge in [-0.15, -0.1) is 0 Å². The van der Waals surface area contributed by atoms with E-state index in [2.05, 4.69) is 15.4 Å². The van der Waals surface area contributed by atoms with E-state index in [1.165, 1.54) is 19.3 Å². The first-order chi connectivity index (χ1) is 11.7. The van der Waals surface area contributed by atoms with E-state index in [1.807, 2.05) is 29.1 Å². The molecule has 0 radical (unpaired) electrons. The van der Waals surface area contributed by atoms with Crippen molar-refractivity contribution in [1.82, 2.24) is 14.8 Å². The molecule has 2 aromatic rings. The fourth-order valence-corrected chi connectivity index (χ4v) is 3.47. The molecule has 0 atom stereocenters. The minimum atomic E-state index is -0.0259. The highest BCUT2D eigenvalue weighted by Gasteiger charge is 2.33. The van der Waals surface area contributed by atoms with Gasteiger partial charge in [-0.1, -0.05) is 19.3 Å². The van der Waals surface area contributed by atoms with Crippen molar-refractivity contribution < 1.29 is 4.79 Å². The maximum absolute atomic E-state index is 12.4. The molecule has 1 aliphatic carbocycles. The van der Waals surface area contributed by atoms with Crippen molar-refractivity contribution >= 4 is 11.7 Å². The fourth-order valence-electron chi connectivity index (χ4n) is 3.47. The summed E-state index contributed by atoms with van der Waals surface area (Å²) in [4.78, 5) is 16.4. The van der Waals surface area contributed by atoms with Crippen LogP contribution in [-0.4, -0.2) is 27.2 Å². The average molecular weight is 327 g/mol. The lowest BCUT2D eigenvalue weighted by atomic mass is 9.71. The van der Waals surface area contributed by atoms with Crippen LogP contribution in [-0.2, 0) is 11.3 Å². The van der Waals surface area contributed by atoms with Crippen molar-refractivity contribution in [2.24, 2.45) is 11.1 Å². The van der Waals surface area contributed by atoms with Crippen molar-refractivity contribution in [3.8, 4) is 0 Å². The number of nitrogens with two attached hydrogens (primary N) is 1. The molecule has 0 unspecified atom stereocenters. The van der Waals surface area contributed by atoms with Gasteiger partial charge in [-0.25, -0.2) is 0 Å². The van der Waals surface area contributed by atoms with Crippen molar-refractivity contribution in [2.75, 3.05) is 11.9 Å². The highest BCUT2D eigenvalue weighted by molar-refractivity contribution is 5.90. The van der Waals surface area contributed by atoms with E-state index >= 15 is 0 Å². The van der Waals surface area contributed by atoms with Gasteiger partial charge in [0, 0.05) is 31.1 Å². The Labute approximate surface area is 142 Å². The number of amides is 1. The molecule has 1 amide bonds. The van der Waals surface area contributed by atoms with Gasteiger partial charge >= 0.3 is 0 Å². The van der Waals surface area contributed by atoms with Crippen LogP contribution in [0.3, 0.4) is 0 Å². The zero-order valence-electron chi connectivity index (χ0n) is 13.9. The molecule has 2 aromatic heterocycles. The first-order valence-electron chi connectivity index (χ1n) is 8.61. The Morgan fingerprint density at radius 1 is 1.21 bits per heavy atom. The Kier molecular flexibility index (Phi) is 5.25. The fraction of sp³-hybridized carbons (Fsp3) is 0.500.